The Labute approximate surface area is 321 Å². The van der Waals surface area contributed by atoms with Crippen LogP contribution in [0.3, 0.4) is 0 Å². The summed E-state index contributed by atoms with van der Waals surface area (Å²) in [6, 6.07) is 31.4. The normalized spacial score (nSPS) is 14.6. The fourth-order valence-electron chi connectivity index (χ4n) is 5.89. The van der Waals surface area contributed by atoms with E-state index in [9.17, 15) is 0 Å². The van der Waals surface area contributed by atoms with E-state index in [4.69, 9.17) is 16.0 Å². The van der Waals surface area contributed by atoms with Crippen molar-refractivity contribution >= 4 is 32.5 Å². The topological polar surface area (TPSA) is 30.7 Å². The first-order valence-corrected chi connectivity index (χ1v) is 17.2. The van der Waals surface area contributed by atoms with E-state index in [2.05, 4.69) is 85.1 Å². The number of hydrogen-bond donors (Lipinski definition) is 0. The van der Waals surface area contributed by atoms with Crippen LogP contribution < -0.4 is 0 Å². The number of para-hydroxylation sites is 3. The van der Waals surface area contributed by atoms with E-state index < -0.39 is 20.1 Å². The van der Waals surface area contributed by atoms with Crippen molar-refractivity contribution in [1.29, 1.82) is 0 Å². The first-order valence-electron chi connectivity index (χ1n) is 20.3. The van der Waals surface area contributed by atoms with Gasteiger partial charge in [-0.25, -0.2) is 0 Å². The molecule has 0 aliphatic rings. The molecule has 0 N–H and O–H groups in total. The molecule has 0 aliphatic carbocycles. The van der Waals surface area contributed by atoms with Crippen LogP contribution in [-0.2, 0) is 26.5 Å². The predicted molar refractivity (Wildman–Crippen MR) is 205 cm³/mol. The number of nitrogens with zero attached hydrogens (tertiary/aromatic N) is 3. The molecule has 3 aromatic heterocycles. The van der Waals surface area contributed by atoms with Crippen LogP contribution in [-0.4, -0.2) is 14.5 Å². The molecule has 0 atom stereocenters. The summed E-state index contributed by atoms with van der Waals surface area (Å²) in [6.45, 7) is 8.50. The third-order valence-corrected chi connectivity index (χ3v) is 9.05. The molecule has 0 bridgehead atoms. The Balaban J connectivity index is 0.000000251. The maximum Gasteiger partial charge on any atom is 0.0774 e. The first kappa shape index (κ1) is 26.9. The minimum absolute atomic E-state index is 0. The Morgan fingerprint density at radius 1 is 0.837 bits per heavy atom. The van der Waals surface area contributed by atoms with Gasteiger partial charge in [0.15, 0.2) is 0 Å². The molecule has 5 heteroatoms. The second kappa shape index (κ2) is 15.8. The molecule has 0 amide bonds. The maximum absolute atomic E-state index is 8.68. The first-order chi connectivity index (χ1) is 26.3. The van der Waals surface area contributed by atoms with E-state index >= 15 is 0 Å². The van der Waals surface area contributed by atoms with Gasteiger partial charge in [-0.15, -0.1) is 46.8 Å². The Kier molecular flexibility index (Phi) is 8.66. The number of imidazole rings is 1. The SMILES string of the molecule is [2H]C([2H])([2H])c1c[c-]c(-c2ccc(C([2H])([2H])[2H])cn2)cc1.[2H]C([2H])(c1ccc2s[c-]c(-c3nc4ccccc4n3-c3c(C(C)C)cccc3C(C)C)c2c1)C(C)C.[Ir]. The summed E-state index contributed by atoms with van der Waals surface area (Å²) >= 11 is 1.57. The molecule has 0 saturated heterocycles. The number of fused-ring (bicyclic) bond motifs is 2. The van der Waals surface area contributed by atoms with Gasteiger partial charge in [-0.1, -0.05) is 124 Å². The summed E-state index contributed by atoms with van der Waals surface area (Å²) in [6.07, 6.45) is -0.115. The predicted octanol–water partition coefficient (Wildman–Crippen LogP) is 12.3. The third-order valence-electron chi connectivity index (χ3n) is 8.17. The van der Waals surface area contributed by atoms with E-state index in [-0.39, 0.29) is 37.2 Å². The second-order valence-corrected chi connectivity index (χ2v) is 13.7. The summed E-state index contributed by atoms with van der Waals surface area (Å²) in [7, 11) is 0. The fraction of sp³-hybridized carbons (Fsp3) is 0.273. The Morgan fingerprint density at radius 2 is 1.57 bits per heavy atom. The number of benzene rings is 4. The Morgan fingerprint density at radius 3 is 2.20 bits per heavy atom. The molecule has 3 nitrogen and oxygen atoms in total. The monoisotopic (exact) mass is 848 g/mol. The molecule has 0 fully saturated rings. The van der Waals surface area contributed by atoms with Crippen LogP contribution >= 0.6 is 11.3 Å². The zero-order valence-corrected chi connectivity index (χ0v) is 31.8. The van der Waals surface area contributed by atoms with Gasteiger partial charge in [0.25, 0.3) is 0 Å². The number of thiophene rings is 1. The van der Waals surface area contributed by atoms with Crippen LogP contribution in [0.2, 0.25) is 0 Å². The second-order valence-electron chi connectivity index (χ2n) is 12.9. The van der Waals surface area contributed by atoms with E-state index in [0.29, 0.717) is 28.7 Å². The van der Waals surface area contributed by atoms with Gasteiger partial charge in [0.1, 0.15) is 0 Å². The van der Waals surface area contributed by atoms with Crippen LogP contribution in [0.15, 0.2) is 97.2 Å². The van der Waals surface area contributed by atoms with Crippen LogP contribution in [0.5, 0.6) is 0 Å². The molecule has 0 saturated carbocycles. The van der Waals surface area contributed by atoms with Gasteiger partial charge in [-0.2, -0.15) is 0 Å². The molecule has 0 unspecified atom stereocenters. The van der Waals surface area contributed by atoms with Gasteiger partial charge < -0.3 is 9.55 Å². The molecule has 1 radical (unpaired) electrons. The van der Waals surface area contributed by atoms with Crippen molar-refractivity contribution in [3.63, 3.8) is 0 Å². The zero-order valence-electron chi connectivity index (χ0n) is 36.6. The Bertz CT molecular complexity index is 2380. The van der Waals surface area contributed by atoms with E-state index in [1.807, 2.05) is 38.1 Å². The fourth-order valence-corrected chi connectivity index (χ4v) is 6.71. The average Bonchev–Trinajstić information content (AvgIpc) is 3.75. The molecule has 0 spiro atoms. The van der Waals surface area contributed by atoms with Crippen LogP contribution in [0.4, 0.5) is 0 Å². The number of hydrogen-bond acceptors (Lipinski definition) is 3. The van der Waals surface area contributed by atoms with Crippen LogP contribution in [0.1, 0.15) is 92.2 Å². The smallest absolute Gasteiger partial charge is 0.0774 e. The standard InChI is InChI=1S/C31H33N2S.C13H12N.Ir/c1-19(2)16-22-14-15-29-25(17-22)26(18-34-29)31-32-27-12-7-8-13-28(27)33(31)30-23(20(3)4)10-9-11-24(30)21(5)6;1-10-3-6-12(7-4-10)13-8-5-11(2)9-14-13;/h7-15,17,19-21H,16H2,1-6H3;3-6,8-9H,1-2H3;/q2*-1;/i16D2;1D3,2D3;. The van der Waals surface area contributed by atoms with Crippen molar-refractivity contribution in [3.8, 4) is 28.3 Å². The molecule has 0 aliphatic heterocycles. The van der Waals surface area contributed by atoms with Crippen molar-refractivity contribution in [2.45, 2.75) is 73.5 Å². The van der Waals surface area contributed by atoms with Crippen molar-refractivity contribution in [1.82, 2.24) is 14.5 Å². The van der Waals surface area contributed by atoms with Gasteiger partial charge in [-0.05, 0) is 65.5 Å². The Hall–Kier alpha value is -3.89. The summed E-state index contributed by atoms with van der Waals surface area (Å²) in [5.41, 5.74) is 8.99. The van der Waals surface area contributed by atoms with E-state index in [0.717, 1.165) is 32.5 Å². The van der Waals surface area contributed by atoms with Crippen molar-refractivity contribution in [2.24, 2.45) is 5.92 Å². The van der Waals surface area contributed by atoms with Gasteiger partial charge >= 0.3 is 0 Å². The number of rotatable bonds is 7. The summed E-state index contributed by atoms with van der Waals surface area (Å²) < 4.78 is 64.4. The molecule has 4 aromatic carbocycles. The van der Waals surface area contributed by atoms with Crippen molar-refractivity contribution < 1.29 is 31.1 Å². The molecule has 49 heavy (non-hydrogen) atoms. The van der Waals surface area contributed by atoms with Gasteiger partial charge in [0.2, 0.25) is 0 Å². The summed E-state index contributed by atoms with van der Waals surface area (Å²) in [4.78, 5) is 9.23. The molecule has 7 rings (SSSR count). The van der Waals surface area contributed by atoms with Gasteiger partial charge in [-0.3, -0.25) is 16.3 Å². The largest absolute Gasteiger partial charge is 0.333 e. The summed E-state index contributed by atoms with van der Waals surface area (Å²) in [5.74, 6) is 1.43. The number of aromatic nitrogens is 3. The quantitative estimate of drug-likeness (QED) is 0.150. The molecular weight excluding hydrogens is 795 g/mol. The van der Waals surface area contributed by atoms with Crippen LogP contribution in [0, 0.1) is 31.1 Å². The third kappa shape index (κ3) is 7.96. The molecule has 253 valence electrons. The average molecular weight is 848 g/mol. The van der Waals surface area contributed by atoms with Gasteiger partial charge in [0, 0.05) is 43.0 Å². The van der Waals surface area contributed by atoms with Gasteiger partial charge in [0.05, 0.1) is 16.9 Å². The minimum atomic E-state index is -2.18. The van der Waals surface area contributed by atoms with Crippen molar-refractivity contribution in [3.05, 3.63) is 136 Å². The maximum atomic E-state index is 8.68. The van der Waals surface area contributed by atoms with Crippen molar-refractivity contribution in [2.75, 3.05) is 0 Å². The molecule has 7 aromatic rings. The number of aryl methyl sites for hydroxylation is 2. The zero-order chi connectivity index (χ0) is 40.7. The minimum Gasteiger partial charge on any atom is -0.333 e. The molecular formula is C44H45IrN3S-2. The number of pyridine rings is 1. The van der Waals surface area contributed by atoms with E-state index in [1.54, 1.807) is 23.5 Å². The molecule has 3 heterocycles. The van der Waals surface area contributed by atoms with E-state index in [1.165, 1.54) is 41.2 Å². The summed E-state index contributed by atoms with van der Waals surface area (Å²) in [5, 5.41) is 4.55. The van der Waals surface area contributed by atoms with Crippen LogP contribution in [0.25, 0.3) is 49.5 Å².